The lowest BCUT2D eigenvalue weighted by Crippen LogP contribution is -2.35. The highest BCUT2D eigenvalue weighted by atomic mass is 32.2. The number of aliphatic hydroxyl groups excluding tert-OH is 1. The van der Waals surface area contributed by atoms with Crippen molar-refractivity contribution in [2.45, 2.75) is 24.8 Å². The van der Waals surface area contributed by atoms with Gasteiger partial charge < -0.3 is 10.4 Å². The topological polar surface area (TPSA) is 108 Å². The molecular weight excluding hydrogens is 386 g/mol. The zero-order chi connectivity index (χ0) is 19.6. The third-order valence-corrected chi connectivity index (χ3v) is 6.35. The normalized spacial score (nSPS) is 12.9. The van der Waals surface area contributed by atoms with Crippen LogP contribution in [0.25, 0.3) is 10.2 Å². The number of thiazole rings is 1. The van der Waals surface area contributed by atoms with E-state index < -0.39 is 16.1 Å². The predicted molar refractivity (Wildman–Crippen MR) is 106 cm³/mol. The summed E-state index contributed by atoms with van der Waals surface area (Å²) in [6, 6.07) is 10.5. The molecule has 1 amide bonds. The molecule has 1 aromatic heterocycles. The maximum atomic E-state index is 12.4. The van der Waals surface area contributed by atoms with Gasteiger partial charge >= 0.3 is 0 Å². The molecule has 0 bridgehead atoms. The Balaban J connectivity index is 1.74. The molecule has 0 aliphatic carbocycles. The first kappa shape index (κ1) is 19.4. The Morgan fingerprint density at radius 1 is 1.22 bits per heavy atom. The molecule has 3 rings (SSSR count). The van der Waals surface area contributed by atoms with Crippen molar-refractivity contribution in [2.24, 2.45) is 0 Å². The van der Waals surface area contributed by atoms with Gasteiger partial charge in [-0.25, -0.2) is 18.1 Å². The quantitative estimate of drug-likeness (QED) is 0.584. The molecule has 0 aliphatic heterocycles. The lowest BCUT2D eigenvalue weighted by molar-refractivity contribution is 0.102. The molecule has 9 heteroatoms. The summed E-state index contributed by atoms with van der Waals surface area (Å²) in [6.07, 6.45) is 0. The number of nitrogens with zero attached hydrogens (tertiary/aromatic N) is 1. The van der Waals surface area contributed by atoms with Gasteiger partial charge in [-0.15, -0.1) is 11.3 Å². The summed E-state index contributed by atoms with van der Waals surface area (Å²) < 4.78 is 27.7. The Morgan fingerprint density at radius 3 is 2.59 bits per heavy atom. The molecule has 2 aromatic carbocycles. The average Bonchev–Trinajstić information content (AvgIpc) is 3.00. The van der Waals surface area contributed by atoms with Crippen LogP contribution in [0.4, 0.5) is 5.69 Å². The second-order valence-corrected chi connectivity index (χ2v) is 9.05. The van der Waals surface area contributed by atoms with E-state index in [0.29, 0.717) is 11.3 Å². The van der Waals surface area contributed by atoms with Crippen LogP contribution < -0.4 is 10.0 Å². The van der Waals surface area contributed by atoms with E-state index in [1.165, 1.54) is 24.3 Å². The number of carbonyl (C=O) groups is 1. The molecule has 0 spiro atoms. The van der Waals surface area contributed by atoms with Crippen LogP contribution in [0.2, 0.25) is 0 Å². The number of nitrogens with one attached hydrogen (secondary N) is 2. The standard InChI is InChI=1S/C18H19N3O4S2/c1-11(10-22)21-27(24,25)15-6-3-13(4-7-15)18(23)20-14-5-8-16-17(9-14)26-12(2)19-16/h3-9,11,21-22H,10H2,1-2H3,(H,20,23)/t11-/m1/s1. The van der Waals surface area contributed by atoms with Crippen LogP contribution in [-0.2, 0) is 10.0 Å². The molecule has 3 aromatic rings. The fraction of sp³-hybridized carbons (Fsp3) is 0.222. The SMILES string of the molecule is Cc1nc2ccc(NC(=O)c3ccc(S(=O)(=O)N[C@H](C)CO)cc3)cc2s1. The molecule has 3 N–H and O–H groups in total. The molecule has 7 nitrogen and oxygen atoms in total. The van der Waals surface area contributed by atoms with Gasteiger partial charge in [-0.05, 0) is 56.3 Å². The van der Waals surface area contributed by atoms with E-state index in [4.69, 9.17) is 5.11 Å². The van der Waals surface area contributed by atoms with Crippen LogP contribution in [0.3, 0.4) is 0 Å². The number of fused-ring (bicyclic) bond motifs is 1. The average molecular weight is 406 g/mol. The minimum atomic E-state index is -3.74. The number of hydrogen-bond donors (Lipinski definition) is 3. The minimum absolute atomic E-state index is 0.0286. The van der Waals surface area contributed by atoms with E-state index in [0.717, 1.165) is 15.2 Å². The Labute approximate surface area is 161 Å². The number of benzene rings is 2. The second kappa shape index (κ2) is 7.73. The first-order valence-electron chi connectivity index (χ1n) is 8.20. The van der Waals surface area contributed by atoms with Crippen LogP contribution in [0.15, 0.2) is 47.4 Å². The number of aliphatic hydroxyl groups is 1. The van der Waals surface area contributed by atoms with Gasteiger partial charge in [0, 0.05) is 17.3 Å². The maximum absolute atomic E-state index is 12.4. The molecule has 0 saturated carbocycles. The molecule has 0 saturated heterocycles. The number of aryl methyl sites for hydroxylation is 1. The van der Waals surface area contributed by atoms with Crippen molar-refractivity contribution in [3.8, 4) is 0 Å². The van der Waals surface area contributed by atoms with Gasteiger partial charge in [0.2, 0.25) is 10.0 Å². The fourth-order valence-corrected chi connectivity index (χ4v) is 4.58. The first-order chi connectivity index (χ1) is 12.8. The molecule has 142 valence electrons. The number of rotatable bonds is 6. The third-order valence-electron chi connectivity index (χ3n) is 3.81. The van der Waals surface area contributed by atoms with Gasteiger partial charge in [0.1, 0.15) is 0 Å². The highest BCUT2D eigenvalue weighted by molar-refractivity contribution is 7.89. The zero-order valence-corrected chi connectivity index (χ0v) is 16.4. The third kappa shape index (κ3) is 4.51. The Kier molecular flexibility index (Phi) is 5.56. The van der Waals surface area contributed by atoms with Crippen molar-refractivity contribution in [1.29, 1.82) is 0 Å². The highest BCUT2D eigenvalue weighted by Crippen LogP contribution is 2.25. The largest absolute Gasteiger partial charge is 0.395 e. The van der Waals surface area contributed by atoms with E-state index in [2.05, 4.69) is 15.0 Å². The molecule has 0 radical (unpaired) electrons. The highest BCUT2D eigenvalue weighted by Gasteiger charge is 2.17. The lowest BCUT2D eigenvalue weighted by Gasteiger charge is -2.12. The predicted octanol–water partition coefficient (Wildman–Crippen LogP) is 2.52. The summed E-state index contributed by atoms with van der Waals surface area (Å²) in [5.74, 6) is -0.337. The number of amides is 1. The monoisotopic (exact) mass is 405 g/mol. The van der Waals surface area contributed by atoms with Crippen molar-refractivity contribution in [1.82, 2.24) is 9.71 Å². The Morgan fingerprint density at radius 2 is 1.93 bits per heavy atom. The second-order valence-electron chi connectivity index (χ2n) is 6.10. The number of sulfonamides is 1. The number of carbonyl (C=O) groups excluding carboxylic acids is 1. The van der Waals surface area contributed by atoms with E-state index in [1.807, 2.05) is 19.1 Å². The summed E-state index contributed by atoms with van der Waals surface area (Å²) in [5, 5.41) is 12.7. The molecule has 0 unspecified atom stereocenters. The summed E-state index contributed by atoms with van der Waals surface area (Å²) in [6.45, 7) is 3.18. The summed E-state index contributed by atoms with van der Waals surface area (Å²) in [5.41, 5.74) is 1.87. The molecule has 0 aliphatic rings. The van der Waals surface area contributed by atoms with Crippen LogP contribution in [-0.4, -0.2) is 37.1 Å². The van der Waals surface area contributed by atoms with E-state index in [-0.39, 0.29) is 17.4 Å². The number of anilines is 1. The van der Waals surface area contributed by atoms with Crippen LogP contribution >= 0.6 is 11.3 Å². The van der Waals surface area contributed by atoms with E-state index in [1.54, 1.807) is 24.3 Å². The van der Waals surface area contributed by atoms with Gasteiger partial charge in [-0.2, -0.15) is 0 Å². The summed E-state index contributed by atoms with van der Waals surface area (Å²) in [7, 11) is -3.74. The van der Waals surface area contributed by atoms with Crippen LogP contribution in [0.5, 0.6) is 0 Å². The Bertz CT molecular complexity index is 1080. The van der Waals surface area contributed by atoms with Gasteiger partial charge in [-0.3, -0.25) is 4.79 Å². The van der Waals surface area contributed by atoms with Gasteiger partial charge in [0.15, 0.2) is 0 Å². The molecular formula is C18H19N3O4S2. The van der Waals surface area contributed by atoms with Crippen molar-refractivity contribution in [2.75, 3.05) is 11.9 Å². The van der Waals surface area contributed by atoms with E-state index in [9.17, 15) is 13.2 Å². The molecule has 0 fully saturated rings. The summed E-state index contributed by atoms with van der Waals surface area (Å²) in [4.78, 5) is 16.8. The molecule has 1 heterocycles. The first-order valence-corrected chi connectivity index (χ1v) is 10.5. The van der Waals surface area contributed by atoms with Crippen molar-refractivity contribution in [3.63, 3.8) is 0 Å². The minimum Gasteiger partial charge on any atom is -0.395 e. The van der Waals surface area contributed by atoms with Crippen molar-refractivity contribution < 1.29 is 18.3 Å². The maximum Gasteiger partial charge on any atom is 0.255 e. The summed E-state index contributed by atoms with van der Waals surface area (Å²) >= 11 is 1.55. The number of hydrogen-bond acceptors (Lipinski definition) is 6. The van der Waals surface area contributed by atoms with Crippen LogP contribution in [0, 0.1) is 6.92 Å². The smallest absolute Gasteiger partial charge is 0.255 e. The number of aromatic nitrogens is 1. The lowest BCUT2D eigenvalue weighted by atomic mass is 10.2. The van der Waals surface area contributed by atoms with Crippen LogP contribution in [0.1, 0.15) is 22.3 Å². The van der Waals surface area contributed by atoms with Gasteiger partial charge in [-0.1, -0.05) is 0 Å². The van der Waals surface area contributed by atoms with Crippen molar-refractivity contribution >= 4 is 43.2 Å². The van der Waals surface area contributed by atoms with Gasteiger partial charge in [0.25, 0.3) is 5.91 Å². The molecule has 1 atom stereocenters. The molecule has 27 heavy (non-hydrogen) atoms. The van der Waals surface area contributed by atoms with Crippen molar-refractivity contribution in [3.05, 3.63) is 53.0 Å². The van der Waals surface area contributed by atoms with Gasteiger partial charge in [0.05, 0.1) is 26.7 Å². The Hall–Kier alpha value is -2.33. The van der Waals surface area contributed by atoms with E-state index >= 15 is 0 Å². The zero-order valence-electron chi connectivity index (χ0n) is 14.8. The fourth-order valence-electron chi connectivity index (χ4n) is 2.48.